The fraction of sp³-hybridized carbons (Fsp3) is 0.143. The van der Waals surface area contributed by atoms with E-state index in [-0.39, 0.29) is 23.5 Å². The Balaban J connectivity index is 1.92. The number of aromatic nitrogens is 3. The molecule has 2 aliphatic rings. The fourth-order valence-electron chi connectivity index (χ4n) is 1.62. The van der Waals surface area contributed by atoms with E-state index in [0.717, 1.165) is 10.1 Å². The van der Waals surface area contributed by atoms with Gasteiger partial charge in [0, 0.05) is 16.9 Å². The summed E-state index contributed by atoms with van der Waals surface area (Å²) in [5.74, 6) is 0.508. The van der Waals surface area contributed by atoms with Gasteiger partial charge in [0.25, 0.3) is 11.9 Å². The van der Waals surface area contributed by atoms with Crippen molar-refractivity contribution in [1.29, 1.82) is 0 Å². The Morgan fingerprint density at radius 1 is 1.09 bits per heavy atom. The first-order valence-corrected chi connectivity index (χ1v) is 5.61. The Morgan fingerprint density at radius 3 is 2.32 bits per heavy atom. The molecule has 1 aromatic heterocycles. The molecular formula is C7H7N13O2. The van der Waals surface area contributed by atoms with Crippen LogP contribution in [0.1, 0.15) is 0 Å². The Kier molecular flexibility index (Phi) is 3.27. The largest absolute Gasteiger partial charge is 0.277 e. The smallest absolute Gasteiger partial charge is 0.247 e. The molecule has 0 unspecified atom stereocenters. The number of hydroxylamine groups is 4. The molecule has 15 nitrogen and oxygen atoms in total. The van der Waals surface area contributed by atoms with Gasteiger partial charge in [-0.3, -0.25) is 0 Å². The molecule has 0 fully saturated rings. The van der Waals surface area contributed by atoms with E-state index in [4.69, 9.17) is 20.9 Å². The zero-order valence-corrected chi connectivity index (χ0v) is 10.9. The van der Waals surface area contributed by atoms with Crippen LogP contribution in [0.25, 0.3) is 20.9 Å². The summed E-state index contributed by atoms with van der Waals surface area (Å²) in [5.41, 5.74) is 21.8. The van der Waals surface area contributed by atoms with Gasteiger partial charge in [-0.15, -0.1) is 15.0 Å². The van der Waals surface area contributed by atoms with Crippen LogP contribution in [-0.2, 0) is 16.9 Å². The van der Waals surface area contributed by atoms with E-state index in [1.54, 1.807) is 7.05 Å². The predicted molar refractivity (Wildman–Crippen MR) is 68.9 cm³/mol. The highest BCUT2D eigenvalue weighted by molar-refractivity contribution is 5.45. The number of anilines is 2. The van der Waals surface area contributed by atoms with Gasteiger partial charge in [-0.1, -0.05) is 0 Å². The first-order valence-electron chi connectivity index (χ1n) is 5.61. The van der Waals surface area contributed by atoms with E-state index >= 15 is 0 Å². The van der Waals surface area contributed by atoms with Crippen LogP contribution in [0, 0.1) is 0 Å². The molecule has 0 spiro atoms. The maximum atomic E-state index is 8.51. The van der Waals surface area contributed by atoms with E-state index in [1.165, 1.54) is 17.1 Å². The van der Waals surface area contributed by atoms with E-state index in [2.05, 4.69) is 41.1 Å². The van der Waals surface area contributed by atoms with Gasteiger partial charge in [0.15, 0.2) is 11.6 Å². The van der Waals surface area contributed by atoms with Crippen molar-refractivity contribution in [1.82, 2.24) is 25.7 Å². The lowest BCUT2D eigenvalue weighted by atomic mass is 10.7. The van der Waals surface area contributed by atoms with Crippen LogP contribution in [0.5, 0.6) is 0 Å². The summed E-state index contributed by atoms with van der Waals surface area (Å²) in [5, 5.41) is 13.1. The second kappa shape index (κ2) is 5.39. The minimum absolute atomic E-state index is 0.0666. The van der Waals surface area contributed by atoms with Crippen molar-refractivity contribution in [2.45, 2.75) is 0 Å². The van der Waals surface area contributed by atoms with Crippen molar-refractivity contribution in [2.24, 2.45) is 17.3 Å². The number of hydrogen-bond acceptors (Lipinski definition) is 10. The third-order valence-electron chi connectivity index (χ3n) is 2.47. The highest BCUT2D eigenvalue weighted by atomic mass is 16.8. The first kappa shape index (κ1) is 13.3. The Bertz CT molecular complexity index is 750. The normalized spacial score (nSPS) is 16.2. The van der Waals surface area contributed by atoms with Crippen LogP contribution in [0.4, 0.5) is 11.9 Å². The Labute approximate surface area is 121 Å². The number of hydrogen-bond donors (Lipinski definition) is 2. The molecule has 0 bridgehead atoms. The first-order chi connectivity index (χ1) is 10.7. The molecule has 0 saturated heterocycles. The summed E-state index contributed by atoms with van der Waals surface area (Å²) >= 11 is 0. The molecule has 0 aromatic carbocycles. The number of nitrogens with one attached hydrogen (secondary N) is 2. The second-order valence-corrected chi connectivity index (χ2v) is 3.73. The molecule has 2 N–H and O–H groups in total. The highest BCUT2D eigenvalue weighted by Gasteiger charge is 2.28. The molecule has 0 aliphatic carbocycles. The van der Waals surface area contributed by atoms with Crippen LogP contribution in [0.15, 0.2) is 34.3 Å². The minimum atomic E-state index is 0.0666. The molecule has 0 amide bonds. The van der Waals surface area contributed by atoms with Crippen molar-refractivity contribution in [3.63, 3.8) is 0 Å². The molecule has 0 atom stereocenters. The molecule has 112 valence electrons. The molecule has 3 rings (SSSR count). The molecular weight excluding hydrogens is 298 g/mol. The van der Waals surface area contributed by atoms with Gasteiger partial charge in [-0.25, -0.2) is 15.6 Å². The molecule has 0 radical (unpaired) electrons. The summed E-state index contributed by atoms with van der Waals surface area (Å²) in [6.07, 6.45) is 2.67. The van der Waals surface area contributed by atoms with Gasteiger partial charge >= 0.3 is 0 Å². The van der Waals surface area contributed by atoms with Crippen LogP contribution in [0.3, 0.4) is 0 Å². The fourth-order valence-corrected chi connectivity index (χ4v) is 1.62. The monoisotopic (exact) mass is 305 g/mol. The van der Waals surface area contributed by atoms with Gasteiger partial charge in [-0.05, 0) is 21.3 Å². The van der Waals surface area contributed by atoms with Crippen LogP contribution in [0.2, 0.25) is 0 Å². The lowest BCUT2D eigenvalue weighted by Crippen LogP contribution is -2.23. The minimum Gasteiger partial charge on any atom is -0.247 e. The quantitative estimate of drug-likeness (QED) is 0.459. The lowest BCUT2D eigenvalue weighted by Gasteiger charge is -2.13. The second-order valence-electron chi connectivity index (χ2n) is 3.73. The average Bonchev–Trinajstić information content (AvgIpc) is 3.19. The van der Waals surface area contributed by atoms with E-state index in [9.17, 15) is 0 Å². The predicted octanol–water partition coefficient (Wildman–Crippen LogP) is 0.546. The maximum Gasteiger partial charge on any atom is 0.277 e. The number of aryl methyl sites for hydroxylation is 1. The summed E-state index contributed by atoms with van der Waals surface area (Å²) in [6, 6.07) is 0. The van der Waals surface area contributed by atoms with Crippen molar-refractivity contribution in [3.8, 4) is 0 Å². The van der Waals surface area contributed by atoms with Crippen LogP contribution in [-0.4, -0.2) is 14.8 Å². The molecule has 2 aliphatic heterocycles. The van der Waals surface area contributed by atoms with Crippen molar-refractivity contribution in [2.75, 3.05) is 10.1 Å². The molecule has 1 aromatic rings. The van der Waals surface area contributed by atoms with Gasteiger partial charge in [0.2, 0.25) is 0 Å². The van der Waals surface area contributed by atoms with Gasteiger partial charge in [0.1, 0.15) is 0 Å². The zero-order chi connectivity index (χ0) is 15.5. The molecule has 15 heteroatoms. The topological polar surface area (TPSA) is 177 Å². The van der Waals surface area contributed by atoms with Gasteiger partial charge in [-0.2, -0.15) is 15.1 Å². The summed E-state index contributed by atoms with van der Waals surface area (Å²) in [6.45, 7) is 0. The Morgan fingerprint density at radius 2 is 1.68 bits per heavy atom. The third kappa shape index (κ3) is 2.15. The van der Waals surface area contributed by atoms with Crippen LogP contribution >= 0.6 is 0 Å². The molecule has 3 heterocycles. The Hall–Kier alpha value is -3.64. The SMILES string of the molecule is Cn1nc(N2ONC=C2N=[N+]=[N-])nc1N1ONC=C1N=[N+]=[N-]. The number of nitrogens with zero attached hydrogens (tertiary/aromatic N) is 11. The lowest BCUT2D eigenvalue weighted by molar-refractivity contribution is 0.0798. The molecule has 0 saturated carbocycles. The highest BCUT2D eigenvalue weighted by Crippen LogP contribution is 2.25. The van der Waals surface area contributed by atoms with Crippen molar-refractivity contribution in [3.05, 3.63) is 44.9 Å². The summed E-state index contributed by atoms with van der Waals surface area (Å²) in [4.78, 5) is 19.6. The van der Waals surface area contributed by atoms with E-state index < -0.39 is 0 Å². The van der Waals surface area contributed by atoms with Crippen molar-refractivity contribution >= 4 is 11.9 Å². The summed E-state index contributed by atoms with van der Waals surface area (Å²) < 4.78 is 1.35. The third-order valence-corrected chi connectivity index (χ3v) is 2.47. The standard InChI is InChI=1S/C7H7N13O2/c1-18-7(20-5(14-17-9)3-11-22-20)12-6(15-18)19-4(13-16-8)2-10-21-19/h2-3,10-11H,1H3. The molecule has 22 heavy (non-hydrogen) atoms. The zero-order valence-electron chi connectivity index (χ0n) is 10.9. The summed E-state index contributed by atoms with van der Waals surface area (Å²) in [7, 11) is 1.58. The van der Waals surface area contributed by atoms with Crippen molar-refractivity contribution < 1.29 is 9.88 Å². The van der Waals surface area contributed by atoms with Crippen LogP contribution < -0.4 is 21.1 Å². The van der Waals surface area contributed by atoms with Gasteiger partial charge < -0.3 is 0 Å². The van der Waals surface area contributed by atoms with E-state index in [1.807, 2.05) is 0 Å². The van der Waals surface area contributed by atoms with Gasteiger partial charge in [0.05, 0.1) is 12.4 Å². The van der Waals surface area contributed by atoms with E-state index in [0.29, 0.717) is 0 Å². The average molecular weight is 305 g/mol. The maximum absolute atomic E-state index is 8.51. The number of rotatable bonds is 4. The number of azide groups is 2.